The van der Waals surface area contributed by atoms with E-state index in [4.69, 9.17) is 23.2 Å². The minimum Gasteiger partial charge on any atom is -0.352 e. The Kier molecular flexibility index (Phi) is 9.12. The number of nitrogens with zero attached hydrogens (tertiary/aromatic N) is 1. The van der Waals surface area contributed by atoms with Crippen molar-refractivity contribution in [1.82, 2.24) is 10.2 Å². The molecule has 2 aromatic carbocycles. The molecule has 2 rings (SSSR count). The van der Waals surface area contributed by atoms with Crippen LogP contribution < -0.4 is 5.32 Å². The fourth-order valence-electron chi connectivity index (χ4n) is 3.07. The molecule has 0 fully saturated rings. The third kappa shape index (κ3) is 6.71. The zero-order chi connectivity index (χ0) is 22.3. The second-order valence-electron chi connectivity index (χ2n) is 7.30. The van der Waals surface area contributed by atoms with Crippen molar-refractivity contribution in [3.8, 4) is 0 Å². The van der Waals surface area contributed by atoms with Crippen molar-refractivity contribution in [2.24, 2.45) is 0 Å². The summed E-state index contributed by atoms with van der Waals surface area (Å²) in [6, 6.07) is 10.2. The molecular weight excluding hydrogens is 426 g/mol. The maximum absolute atomic E-state index is 13.2. The average Bonchev–Trinajstić information content (AvgIpc) is 2.70. The van der Waals surface area contributed by atoms with Crippen LogP contribution in [-0.4, -0.2) is 28.8 Å². The first-order chi connectivity index (χ1) is 14.2. The van der Waals surface area contributed by atoms with Crippen LogP contribution in [0.15, 0.2) is 42.5 Å². The lowest BCUT2D eigenvalue weighted by molar-refractivity contribution is -0.141. The largest absolute Gasteiger partial charge is 0.352 e. The van der Waals surface area contributed by atoms with Gasteiger partial charge in [0.15, 0.2) is 0 Å². The second kappa shape index (κ2) is 11.3. The SMILES string of the molecule is CC[C@H](C)NC(=O)[C@H](CC)N(Cc1ccc(Cl)cc1Cl)C(=O)Cc1ccc(F)cc1. The summed E-state index contributed by atoms with van der Waals surface area (Å²) in [5.41, 5.74) is 1.37. The standard InChI is InChI=1S/C23H27Cl2FN2O2/c1-4-15(3)27-23(30)21(5-2)28(14-17-8-9-18(24)13-20(17)25)22(29)12-16-6-10-19(26)11-7-16/h6-11,13,15,21H,4-5,12,14H2,1-3H3,(H,27,30)/t15-,21-/m0/s1. The highest BCUT2D eigenvalue weighted by Crippen LogP contribution is 2.24. The zero-order valence-electron chi connectivity index (χ0n) is 17.4. The van der Waals surface area contributed by atoms with Crippen molar-refractivity contribution >= 4 is 35.0 Å². The van der Waals surface area contributed by atoms with E-state index in [1.807, 2.05) is 20.8 Å². The Bertz CT molecular complexity index is 874. The molecule has 2 atom stereocenters. The Labute approximate surface area is 187 Å². The van der Waals surface area contributed by atoms with Crippen LogP contribution in [0.4, 0.5) is 4.39 Å². The number of amides is 2. The van der Waals surface area contributed by atoms with Gasteiger partial charge in [0.25, 0.3) is 0 Å². The number of halogens is 3. The number of carbonyl (C=O) groups excluding carboxylic acids is 2. The molecule has 0 aliphatic heterocycles. The Hall–Kier alpha value is -2.11. The predicted molar refractivity (Wildman–Crippen MR) is 119 cm³/mol. The molecule has 0 heterocycles. The smallest absolute Gasteiger partial charge is 0.243 e. The number of hydrogen-bond acceptors (Lipinski definition) is 2. The molecule has 30 heavy (non-hydrogen) atoms. The molecule has 2 aromatic rings. The summed E-state index contributed by atoms with van der Waals surface area (Å²) >= 11 is 12.3. The van der Waals surface area contributed by atoms with Gasteiger partial charge in [0, 0.05) is 22.6 Å². The van der Waals surface area contributed by atoms with E-state index in [1.54, 1.807) is 30.3 Å². The summed E-state index contributed by atoms with van der Waals surface area (Å²) < 4.78 is 13.2. The van der Waals surface area contributed by atoms with Gasteiger partial charge in [0.2, 0.25) is 11.8 Å². The fraction of sp³-hybridized carbons (Fsp3) is 0.391. The van der Waals surface area contributed by atoms with Crippen molar-refractivity contribution < 1.29 is 14.0 Å². The quantitative estimate of drug-likeness (QED) is 0.553. The van der Waals surface area contributed by atoms with Crippen LogP contribution in [0.1, 0.15) is 44.7 Å². The van der Waals surface area contributed by atoms with Gasteiger partial charge in [-0.05, 0) is 55.2 Å². The van der Waals surface area contributed by atoms with E-state index in [2.05, 4.69) is 5.32 Å². The number of hydrogen-bond donors (Lipinski definition) is 1. The molecule has 0 spiro atoms. The van der Waals surface area contributed by atoms with Crippen molar-refractivity contribution in [1.29, 1.82) is 0 Å². The topological polar surface area (TPSA) is 49.4 Å². The molecule has 2 amide bonds. The van der Waals surface area contributed by atoms with Gasteiger partial charge in [-0.15, -0.1) is 0 Å². The van der Waals surface area contributed by atoms with Crippen molar-refractivity contribution in [3.05, 3.63) is 69.5 Å². The van der Waals surface area contributed by atoms with Gasteiger partial charge in [-0.2, -0.15) is 0 Å². The molecule has 162 valence electrons. The summed E-state index contributed by atoms with van der Waals surface area (Å²) in [7, 11) is 0. The van der Waals surface area contributed by atoms with E-state index >= 15 is 0 Å². The summed E-state index contributed by atoms with van der Waals surface area (Å²) in [5.74, 6) is -0.807. The van der Waals surface area contributed by atoms with Crippen LogP contribution in [0.25, 0.3) is 0 Å². The van der Waals surface area contributed by atoms with Crippen molar-refractivity contribution in [2.45, 2.75) is 58.7 Å². The number of nitrogens with one attached hydrogen (secondary N) is 1. The average molecular weight is 453 g/mol. The highest BCUT2D eigenvalue weighted by atomic mass is 35.5. The van der Waals surface area contributed by atoms with Gasteiger partial charge in [0.1, 0.15) is 11.9 Å². The Balaban J connectivity index is 2.32. The van der Waals surface area contributed by atoms with Gasteiger partial charge >= 0.3 is 0 Å². The maximum atomic E-state index is 13.2. The highest BCUT2D eigenvalue weighted by molar-refractivity contribution is 6.35. The van der Waals surface area contributed by atoms with E-state index in [0.717, 1.165) is 6.42 Å². The monoisotopic (exact) mass is 452 g/mol. The molecule has 1 N–H and O–H groups in total. The van der Waals surface area contributed by atoms with E-state index in [-0.39, 0.29) is 36.6 Å². The number of carbonyl (C=O) groups is 2. The van der Waals surface area contributed by atoms with Crippen LogP contribution in [0.3, 0.4) is 0 Å². The number of rotatable bonds is 9. The summed E-state index contributed by atoms with van der Waals surface area (Å²) in [6.45, 7) is 5.94. The maximum Gasteiger partial charge on any atom is 0.243 e. The molecule has 0 bridgehead atoms. The van der Waals surface area contributed by atoms with Gasteiger partial charge in [-0.1, -0.05) is 55.2 Å². The Morgan fingerprint density at radius 1 is 1.07 bits per heavy atom. The van der Waals surface area contributed by atoms with Crippen LogP contribution in [-0.2, 0) is 22.6 Å². The zero-order valence-corrected chi connectivity index (χ0v) is 18.9. The summed E-state index contributed by atoms with van der Waals surface area (Å²) in [6.07, 6.45) is 1.29. The van der Waals surface area contributed by atoms with Crippen molar-refractivity contribution in [2.75, 3.05) is 0 Å². The van der Waals surface area contributed by atoms with Crippen LogP contribution in [0.2, 0.25) is 10.0 Å². The normalized spacial score (nSPS) is 12.9. The molecular formula is C23H27Cl2FN2O2. The lowest BCUT2D eigenvalue weighted by atomic mass is 10.1. The summed E-state index contributed by atoms with van der Waals surface area (Å²) in [4.78, 5) is 27.7. The van der Waals surface area contributed by atoms with E-state index < -0.39 is 6.04 Å². The van der Waals surface area contributed by atoms with E-state index in [0.29, 0.717) is 27.6 Å². The first kappa shape index (κ1) is 24.2. The van der Waals surface area contributed by atoms with E-state index in [1.165, 1.54) is 17.0 Å². The van der Waals surface area contributed by atoms with Gasteiger partial charge in [0.05, 0.1) is 6.42 Å². The predicted octanol–water partition coefficient (Wildman–Crippen LogP) is 5.40. The third-order valence-corrected chi connectivity index (χ3v) is 5.60. The second-order valence-corrected chi connectivity index (χ2v) is 8.15. The minimum atomic E-state index is -0.654. The number of benzene rings is 2. The lowest BCUT2D eigenvalue weighted by Gasteiger charge is -2.32. The Morgan fingerprint density at radius 2 is 1.73 bits per heavy atom. The van der Waals surface area contributed by atoms with Crippen LogP contribution in [0.5, 0.6) is 0 Å². The van der Waals surface area contributed by atoms with Crippen LogP contribution in [0, 0.1) is 5.82 Å². The molecule has 0 saturated carbocycles. The highest BCUT2D eigenvalue weighted by Gasteiger charge is 2.29. The summed E-state index contributed by atoms with van der Waals surface area (Å²) in [5, 5.41) is 3.89. The minimum absolute atomic E-state index is 0.000259. The lowest BCUT2D eigenvalue weighted by Crippen LogP contribution is -2.51. The van der Waals surface area contributed by atoms with E-state index in [9.17, 15) is 14.0 Å². The van der Waals surface area contributed by atoms with Gasteiger partial charge < -0.3 is 10.2 Å². The molecule has 0 saturated heterocycles. The fourth-order valence-corrected chi connectivity index (χ4v) is 3.54. The molecule has 4 nitrogen and oxygen atoms in total. The molecule has 0 radical (unpaired) electrons. The first-order valence-electron chi connectivity index (χ1n) is 10.0. The third-order valence-electron chi connectivity index (χ3n) is 5.01. The molecule has 0 aliphatic carbocycles. The van der Waals surface area contributed by atoms with Gasteiger partial charge in [-0.3, -0.25) is 9.59 Å². The molecule has 0 aromatic heterocycles. The first-order valence-corrected chi connectivity index (χ1v) is 10.8. The molecule has 0 aliphatic rings. The van der Waals surface area contributed by atoms with Crippen LogP contribution >= 0.6 is 23.2 Å². The molecule has 0 unspecified atom stereocenters. The Morgan fingerprint density at radius 3 is 2.30 bits per heavy atom. The van der Waals surface area contributed by atoms with Gasteiger partial charge in [-0.25, -0.2) is 4.39 Å². The van der Waals surface area contributed by atoms with Crippen molar-refractivity contribution in [3.63, 3.8) is 0 Å². The molecule has 7 heteroatoms.